The third kappa shape index (κ3) is 6.33. The Hall–Kier alpha value is -7.33. The molecule has 328 valence electrons. The molecule has 2 aliphatic heterocycles. The molecule has 6 aromatic rings. The molecule has 4 atom stereocenters. The van der Waals surface area contributed by atoms with E-state index < -0.39 is 52.0 Å². The molecule has 9 rings (SSSR count). The Morgan fingerprint density at radius 3 is 2.20 bits per heavy atom. The number of phenols is 1. The highest BCUT2D eigenvalue weighted by atomic mass is 35.5. The van der Waals surface area contributed by atoms with E-state index in [4.69, 9.17) is 30.5 Å². The fraction of sp³-hybridized carbons (Fsp3) is 0.277. The molecule has 0 radical (unpaired) electrons. The van der Waals surface area contributed by atoms with Crippen LogP contribution in [0.15, 0.2) is 111 Å². The van der Waals surface area contributed by atoms with E-state index in [-0.39, 0.29) is 48.9 Å². The van der Waals surface area contributed by atoms with Gasteiger partial charge in [0.2, 0.25) is 17.6 Å². The Kier molecular flexibility index (Phi) is 10.6. The molecule has 17 heteroatoms. The molecule has 1 N–H and O–H groups in total. The van der Waals surface area contributed by atoms with Gasteiger partial charge in [-0.2, -0.15) is 0 Å². The Balaban J connectivity index is 1.18. The van der Waals surface area contributed by atoms with E-state index in [2.05, 4.69) is 4.98 Å². The zero-order valence-electron chi connectivity index (χ0n) is 35.5. The largest absolute Gasteiger partial charge is 0.502 e. The second-order valence-electron chi connectivity index (χ2n) is 15.8. The topological polar surface area (TPSA) is 178 Å². The molecule has 0 bridgehead atoms. The van der Waals surface area contributed by atoms with Crippen molar-refractivity contribution in [3.8, 4) is 28.7 Å². The number of rotatable bonds is 11. The molecule has 16 nitrogen and oxygen atoms in total. The SMILES string of the molecule is COc1cc2nc(CCn3c(=O)n4n(c3=O)C3CC5C(=O)N(c6cccc(Cl)c6)C(=O)C5(c5ccccc5)C(C=Cc5cc(OC)c(O)c(OC)c5)C3=CC4)c(=O)n(C)c2cc1OC. The molecular weight excluding hydrogens is 844 g/mol. The molecule has 4 heterocycles. The fourth-order valence-corrected chi connectivity index (χ4v) is 9.98. The predicted octanol–water partition coefficient (Wildman–Crippen LogP) is 5.04. The van der Waals surface area contributed by atoms with Gasteiger partial charge in [0, 0.05) is 43.1 Å². The van der Waals surface area contributed by atoms with Gasteiger partial charge >= 0.3 is 11.4 Å². The van der Waals surface area contributed by atoms with Crippen LogP contribution in [0, 0.1) is 11.8 Å². The molecule has 2 aromatic heterocycles. The first-order valence-electron chi connectivity index (χ1n) is 20.4. The summed E-state index contributed by atoms with van der Waals surface area (Å²) < 4.78 is 27.0. The van der Waals surface area contributed by atoms with Gasteiger partial charge in [-0.1, -0.05) is 66.2 Å². The van der Waals surface area contributed by atoms with E-state index in [0.717, 1.165) is 4.57 Å². The van der Waals surface area contributed by atoms with Gasteiger partial charge in [0.1, 0.15) is 5.69 Å². The molecule has 3 aliphatic rings. The lowest BCUT2D eigenvalue weighted by molar-refractivity contribution is -0.124. The number of methoxy groups -OCH3 is 4. The highest BCUT2D eigenvalue weighted by Gasteiger charge is 2.67. The van der Waals surface area contributed by atoms with E-state index in [9.17, 15) is 19.5 Å². The van der Waals surface area contributed by atoms with E-state index in [1.165, 1.54) is 47.3 Å². The van der Waals surface area contributed by atoms with Crippen LogP contribution in [0.25, 0.3) is 17.1 Å². The molecule has 0 spiro atoms. The molecule has 4 unspecified atom stereocenters. The highest BCUT2D eigenvalue weighted by Crippen LogP contribution is 2.59. The van der Waals surface area contributed by atoms with Gasteiger partial charge in [-0.25, -0.2) is 33.4 Å². The van der Waals surface area contributed by atoms with Crippen molar-refractivity contribution in [2.24, 2.45) is 18.9 Å². The van der Waals surface area contributed by atoms with Crippen molar-refractivity contribution in [2.75, 3.05) is 33.3 Å². The van der Waals surface area contributed by atoms with Gasteiger partial charge < -0.3 is 28.6 Å². The van der Waals surface area contributed by atoms with E-state index >= 15 is 9.59 Å². The number of aryl methyl sites for hydroxylation is 2. The molecule has 2 amide bonds. The van der Waals surface area contributed by atoms with Crippen LogP contribution in [0.2, 0.25) is 5.02 Å². The molecule has 1 aliphatic carbocycles. The zero-order chi connectivity index (χ0) is 45.2. The summed E-state index contributed by atoms with van der Waals surface area (Å²) in [5, 5.41) is 11.0. The number of anilines is 1. The maximum absolute atomic E-state index is 15.5. The lowest BCUT2D eigenvalue weighted by Crippen LogP contribution is -2.54. The monoisotopic (exact) mass is 886 g/mol. The van der Waals surface area contributed by atoms with E-state index in [1.807, 2.05) is 42.5 Å². The minimum atomic E-state index is -1.52. The molecule has 1 saturated carbocycles. The van der Waals surface area contributed by atoms with Crippen molar-refractivity contribution in [2.45, 2.75) is 37.4 Å². The highest BCUT2D eigenvalue weighted by molar-refractivity contribution is 6.32. The summed E-state index contributed by atoms with van der Waals surface area (Å²) in [6.07, 6.45) is 5.39. The van der Waals surface area contributed by atoms with Crippen LogP contribution in [0.5, 0.6) is 28.7 Å². The lowest BCUT2D eigenvalue weighted by Gasteiger charge is -2.48. The number of hydrogen-bond donors (Lipinski definition) is 1. The first kappa shape index (κ1) is 42.0. The Morgan fingerprint density at radius 2 is 1.53 bits per heavy atom. The van der Waals surface area contributed by atoms with E-state index in [0.29, 0.717) is 49.9 Å². The van der Waals surface area contributed by atoms with Crippen molar-refractivity contribution in [3.05, 3.63) is 150 Å². The first-order chi connectivity index (χ1) is 30.9. The number of aromatic hydroxyl groups is 1. The van der Waals surface area contributed by atoms with Crippen molar-refractivity contribution < 1.29 is 33.6 Å². The maximum Gasteiger partial charge on any atom is 0.347 e. The van der Waals surface area contributed by atoms with Crippen molar-refractivity contribution in [3.63, 3.8) is 0 Å². The Morgan fingerprint density at radius 1 is 0.844 bits per heavy atom. The van der Waals surface area contributed by atoms with Crippen LogP contribution in [0.4, 0.5) is 5.69 Å². The smallest absolute Gasteiger partial charge is 0.347 e. The number of aromatic nitrogens is 5. The number of ether oxygens (including phenoxy) is 4. The summed E-state index contributed by atoms with van der Waals surface area (Å²) in [5.41, 5.74) is 0.0190. The number of benzene rings is 4. The third-order valence-corrected chi connectivity index (χ3v) is 13.0. The lowest BCUT2D eigenvalue weighted by atomic mass is 9.54. The number of phenolic OH excluding ortho intramolecular Hbond substituents is 1. The number of imide groups is 1. The average Bonchev–Trinajstić information content (AvgIpc) is 3.69. The van der Waals surface area contributed by atoms with Crippen LogP contribution in [0.3, 0.4) is 0 Å². The van der Waals surface area contributed by atoms with Gasteiger partial charge in [-0.15, -0.1) is 0 Å². The quantitative estimate of drug-likeness (QED) is 0.136. The molecule has 4 aromatic carbocycles. The molecular formula is C47H43ClN6O10. The number of halogens is 1. The number of fused-ring (bicyclic) bond motifs is 5. The summed E-state index contributed by atoms with van der Waals surface area (Å²) in [6.45, 7) is -0.190. The van der Waals surface area contributed by atoms with Crippen molar-refractivity contribution >= 4 is 46.2 Å². The van der Waals surface area contributed by atoms with Gasteiger partial charge in [0.15, 0.2) is 23.0 Å². The third-order valence-electron chi connectivity index (χ3n) is 12.8. The minimum Gasteiger partial charge on any atom is -0.502 e. The van der Waals surface area contributed by atoms with Gasteiger partial charge in [-0.3, -0.25) is 14.4 Å². The second-order valence-corrected chi connectivity index (χ2v) is 16.3. The second kappa shape index (κ2) is 16.1. The first-order valence-corrected chi connectivity index (χ1v) is 20.8. The van der Waals surface area contributed by atoms with Crippen molar-refractivity contribution in [1.82, 2.24) is 23.5 Å². The van der Waals surface area contributed by atoms with Gasteiger partial charge in [0.05, 0.1) is 69.1 Å². The number of carbonyl (C=O) groups is 2. The summed E-state index contributed by atoms with van der Waals surface area (Å²) in [6, 6.07) is 21.3. The van der Waals surface area contributed by atoms with Crippen LogP contribution in [0.1, 0.15) is 29.3 Å². The number of nitrogens with zero attached hydrogens (tertiary/aromatic N) is 6. The van der Waals surface area contributed by atoms with Crippen LogP contribution in [-0.4, -0.2) is 68.8 Å². The molecule has 64 heavy (non-hydrogen) atoms. The fourth-order valence-electron chi connectivity index (χ4n) is 9.80. The summed E-state index contributed by atoms with van der Waals surface area (Å²) >= 11 is 6.44. The van der Waals surface area contributed by atoms with Crippen LogP contribution < -0.4 is 40.8 Å². The molecule has 2 fully saturated rings. The normalized spacial score (nSPS) is 20.2. The Labute approximate surface area is 370 Å². The number of carbonyl (C=O) groups excluding carboxylic acids is 2. The van der Waals surface area contributed by atoms with Crippen LogP contribution in [-0.2, 0) is 41.6 Å². The Bertz CT molecular complexity index is 3120. The number of hydrogen-bond acceptors (Lipinski definition) is 11. The van der Waals surface area contributed by atoms with Crippen LogP contribution >= 0.6 is 11.6 Å². The zero-order valence-corrected chi connectivity index (χ0v) is 36.2. The van der Waals surface area contributed by atoms with Gasteiger partial charge in [0.25, 0.3) is 5.56 Å². The summed E-state index contributed by atoms with van der Waals surface area (Å²) in [4.78, 5) is 78.8. The predicted molar refractivity (Wildman–Crippen MR) is 238 cm³/mol. The number of allylic oxidation sites excluding steroid dienone is 3. The maximum atomic E-state index is 15.5. The average molecular weight is 887 g/mol. The van der Waals surface area contributed by atoms with Crippen molar-refractivity contribution in [1.29, 1.82) is 0 Å². The van der Waals surface area contributed by atoms with Gasteiger partial charge in [-0.05, 0) is 53.5 Å². The summed E-state index contributed by atoms with van der Waals surface area (Å²) in [5.74, 6) is -1.88. The number of amides is 2. The summed E-state index contributed by atoms with van der Waals surface area (Å²) in [7, 11) is 7.42. The van der Waals surface area contributed by atoms with E-state index in [1.54, 1.807) is 61.7 Å². The molecule has 1 saturated heterocycles. The standard InChI is InChI=1S/C47H43ClN6O10/c1-50-36-25-38(62-3)37(61-2)24-34(36)49-33(43(50)57)17-18-51-45(59)52-19-16-30-31(15-14-26-20-39(63-4)41(55)40(21-26)64-5)47(27-10-7-6-8-11-27)32(23-35(30)54(52)46(51)60)42(56)53(44(47)58)29-13-9-12-28(48)22-29/h6-16,20-22,24-25,31-32,35,55H,17-19,23H2,1-5H3. The minimum absolute atomic E-state index is 0.00497.